The maximum Gasteiger partial charge on any atom is 0.156 e. The lowest BCUT2D eigenvalue weighted by Crippen LogP contribution is -2.14. The molecule has 76 valence electrons. The third-order valence-corrected chi connectivity index (χ3v) is 2.78. The Hall–Kier alpha value is -1.70. The Morgan fingerprint density at radius 1 is 1.07 bits per heavy atom. The summed E-state index contributed by atoms with van der Waals surface area (Å²) in [6.07, 6.45) is 3.82. The largest absolute Gasteiger partial charge is 0.482 e. The van der Waals surface area contributed by atoms with E-state index in [1.54, 1.807) is 6.26 Å². The van der Waals surface area contributed by atoms with E-state index in [9.17, 15) is 0 Å². The van der Waals surface area contributed by atoms with E-state index in [1.165, 1.54) is 5.56 Å². The van der Waals surface area contributed by atoms with Gasteiger partial charge in [0.1, 0.15) is 11.5 Å². The Kier molecular flexibility index (Phi) is 1.98. The molecule has 0 aliphatic carbocycles. The summed E-state index contributed by atoms with van der Waals surface area (Å²) in [7, 11) is 0. The van der Waals surface area contributed by atoms with Gasteiger partial charge >= 0.3 is 0 Å². The fourth-order valence-corrected chi connectivity index (χ4v) is 2.00. The second-order valence-electron chi connectivity index (χ2n) is 3.77. The summed E-state index contributed by atoms with van der Waals surface area (Å²) in [5, 5.41) is 0. The number of fused-ring (bicyclic) bond motifs is 1. The van der Waals surface area contributed by atoms with Gasteiger partial charge in [-0.1, -0.05) is 18.2 Å². The number of hydrogen-bond acceptors (Lipinski definition) is 2. The first-order valence-corrected chi connectivity index (χ1v) is 5.21. The Morgan fingerprint density at radius 3 is 2.87 bits per heavy atom. The van der Waals surface area contributed by atoms with Crippen molar-refractivity contribution in [3.05, 3.63) is 54.0 Å². The van der Waals surface area contributed by atoms with Gasteiger partial charge in [-0.25, -0.2) is 0 Å². The quantitative estimate of drug-likeness (QED) is 0.704. The smallest absolute Gasteiger partial charge is 0.156 e. The Labute approximate surface area is 88.5 Å². The molecule has 15 heavy (non-hydrogen) atoms. The molecule has 1 atom stereocenters. The first kappa shape index (κ1) is 8.60. The van der Waals surface area contributed by atoms with Crippen LogP contribution in [0.5, 0.6) is 5.75 Å². The van der Waals surface area contributed by atoms with Gasteiger partial charge in [-0.15, -0.1) is 0 Å². The highest BCUT2D eigenvalue weighted by Gasteiger charge is 2.22. The molecule has 1 unspecified atom stereocenters. The number of para-hydroxylation sites is 1. The van der Waals surface area contributed by atoms with Crippen LogP contribution in [0.2, 0.25) is 0 Å². The van der Waals surface area contributed by atoms with Crippen LogP contribution in [0.1, 0.15) is 23.8 Å². The molecule has 0 fully saturated rings. The van der Waals surface area contributed by atoms with E-state index in [0.29, 0.717) is 0 Å². The van der Waals surface area contributed by atoms with E-state index >= 15 is 0 Å². The van der Waals surface area contributed by atoms with Crippen LogP contribution in [0.15, 0.2) is 47.1 Å². The topological polar surface area (TPSA) is 22.4 Å². The molecule has 0 radical (unpaired) electrons. The van der Waals surface area contributed by atoms with Gasteiger partial charge in [0.25, 0.3) is 0 Å². The van der Waals surface area contributed by atoms with E-state index in [-0.39, 0.29) is 6.10 Å². The molecule has 2 heterocycles. The molecule has 1 aliphatic heterocycles. The average molecular weight is 200 g/mol. The van der Waals surface area contributed by atoms with Gasteiger partial charge in [0.2, 0.25) is 0 Å². The summed E-state index contributed by atoms with van der Waals surface area (Å²) < 4.78 is 11.2. The molecular formula is C13H12O2. The number of ether oxygens (including phenoxy) is 1. The van der Waals surface area contributed by atoms with Gasteiger partial charge in [0.05, 0.1) is 6.26 Å². The third kappa shape index (κ3) is 1.52. The van der Waals surface area contributed by atoms with Gasteiger partial charge in [0, 0.05) is 0 Å². The zero-order valence-corrected chi connectivity index (χ0v) is 8.35. The zero-order valence-electron chi connectivity index (χ0n) is 8.35. The van der Waals surface area contributed by atoms with Crippen molar-refractivity contribution in [1.82, 2.24) is 0 Å². The van der Waals surface area contributed by atoms with Gasteiger partial charge in [-0.05, 0) is 36.6 Å². The highest BCUT2D eigenvalue weighted by molar-refractivity contribution is 5.35. The van der Waals surface area contributed by atoms with Crippen molar-refractivity contribution in [2.75, 3.05) is 0 Å². The minimum Gasteiger partial charge on any atom is -0.482 e. The molecule has 0 N–H and O–H groups in total. The van der Waals surface area contributed by atoms with Gasteiger partial charge in [-0.2, -0.15) is 0 Å². The molecule has 1 aliphatic rings. The second kappa shape index (κ2) is 3.46. The van der Waals surface area contributed by atoms with E-state index in [2.05, 4.69) is 12.1 Å². The van der Waals surface area contributed by atoms with Crippen molar-refractivity contribution in [2.45, 2.75) is 18.9 Å². The standard InChI is InChI=1S/C13H12O2/c1-2-5-11-10(4-1)7-8-13(15-11)12-6-3-9-14-12/h1-6,9,13H,7-8H2. The molecule has 1 aromatic carbocycles. The lowest BCUT2D eigenvalue weighted by Gasteiger charge is -2.24. The van der Waals surface area contributed by atoms with Crippen LogP contribution in [0.25, 0.3) is 0 Å². The van der Waals surface area contributed by atoms with Crippen molar-refractivity contribution in [3.8, 4) is 5.75 Å². The van der Waals surface area contributed by atoms with Crippen molar-refractivity contribution in [2.24, 2.45) is 0 Å². The summed E-state index contributed by atoms with van der Waals surface area (Å²) in [6.45, 7) is 0. The van der Waals surface area contributed by atoms with Crippen LogP contribution < -0.4 is 4.74 Å². The normalized spacial score (nSPS) is 19.3. The van der Waals surface area contributed by atoms with E-state index < -0.39 is 0 Å². The van der Waals surface area contributed by atoms with Crippen molar-refractivity contribution in [1.29, 1.82) is 0 Å². The minimum atomic E-state index is 0.0786. The number of furan rings is 1. The fraction of sp³-hybridized carbons (Fsp3) is 0.231. The second-order valence-corrected chi connectivity index (χ2v) is 3.77. The van der Waals surface area contributed by atoms with Crippen molar-refractivity contribution in [3.63, 3.8) is 0 Å². The van der Waals surface area contributed by atoms with Crippen molar-refractivity contribution >= 4 is 0 Å². The predicted octanol–water partition coefficient (Wildman–Crippen LogP) is 3.35. The summed E-state index contributed by atoms with van der Waals surface area (Å²) >= 11 is 0. The lowest BCUT2D eigenvalue weighted by atomic mass is 10.0. The number of benzene rings is 1. The Bertz CT molecular complexity index is 445. The highest BCUT2D eigenvalue weighted by Crippen LogP contribution is 2.34. The summed E-state index contributed by atoms with van der Waals surface area (Å²) in [4.78, 5) is 0. The highest BCUT2D eigenvalue weighted by atomic mass is 16.5. The van der Waals surface area contributed by atoms with E-state index in [4.69, 9.17) is 9.15 Å². The summed E-state index contributed by atoms with van der Waals surface area (Å²) in [5.74, 6) is 1.91. The molecule has 2 nitrogen and oxygen atoms in total. The molecule has 0 spiro atoms. The fourth-order valence-electron chi connectivity index (χ4n) is 2.00. The Balaban J connectivity index is 1.89. The van der Waals surface area contributed by atoms with E-state index in [0.717, 1.165) is 24.4 Å². The van der Waals surface area contributed by atoms with Crippen LogP contribution >= 0.6 is 0 Å². The van der Waals surface area contributed by atoms with Crippen LogP contribution in [0, 0.1) is 0 Å². The maximum atomic E-state index is 5.88. The van der Waals surface area contributed by atoms with Crippen LogP contribution in [-0.4, -0.2) is 0 Å². The first-order valence-electron chi connectivity index (χ1n) is 5.21. The Morgan fingerprint density at radius 2 is 2.00 bits per heavy atom. The van der Waals surface area contributed by atoms with Gasteiger partial charge < -0.3 is 9.15 Å². The van der Waals surface area contributed by atoms with Crippen LogP contribution in [0.3, 0.4) is 0 Å². The minimum absolute atomic E-state index is 0.0786. The summed E-state index contributed by atoms with van der Waals surface area (Å²) in [6, 6.07) is 12.1. The van der Waals surface area contributed by atoms with Crippen LogP contribution in [0.4, 0.5) is 0 Å². The summed E-state index contributed by atoms with van der Waals surface area (Å²) in [5.41, 5.74) is 1.29. The van der Waals surface area contributed by atoms with Gasteiger partial charge in [0.15, 0.2) is 6.10 Å². The van der Waals surface area contributed by atoms with E-state index in [1.807, 2.05) is 24.3 Å². The van der Waals surface area contributed by atoms with Gasteiger partial charge in [-0.3, -0.25) is 0 Å². The molecular weight excluding hydrogens is 188 g/mol. The molecule has 0 bridgehead atoms. The zero-order chi connectivity index (χ0) is 10.1. The molecule has 0 saturated carbocycles. The SMILES string of the molecule is c1coc(C2CCc3ccccc3O2)c1. The lowest BCUT2D eigenvalue weighted by molar-refractivity contribution is 0.150. The average Bonchev–Trinajstić information content (AvgIpc) is 2.82. The molecule has 2 heteroatoms. The number of hydrogen-bond donors (Lipinski definition) is 0. The molecule has 3 rings (SSSR count). The van der Waals surface area contributed by atoms with Crippen molar-refractivity contribution < 1.29 is 9.15 Å². The monoisotopic (exact) mass is 200 g/mol. The molecule has 2 aromatic rings. The molecule has 1 aromatic heterocycles. The first-order chi connectivity index (χ1) is 7.43. The predicted molar refractivity (Wildman–Crippen MR) is 56.8 cm³/mol. The molecule has 0 saturated heterocycles. The number of aryl methyl sites for hydroxylation is 1. The number of rotatable bonds is 1. The molecule has 0 amide bonds. The van der Waals surface area contributed by atoms with Crippen LogP contribution in [-0.2, 0) is 6.42 Å². The third-order valence-electron chi connectivity index (χ3n) is 2.78. The maximum absolute atomic E-state index is 5.88.